The quantitative estimate of drug-likeness (QED) is 0.435. The number of pyridine rings is 3. The number of hydrogen-bond acceptors (Lipinski definition) is 6. The number of rotatable bonds is 5. The molecular weight excluding hydrogens is 416 g/mol. The fourth-order valence-electron chi connectivity index (χ4n) is 3.84. The Morgan fingerprint density at radius 1 is 1.09 bits per heavy atom. The van der Waals surface area contributed by atoms with E-state index < -0.39 is 11.5 Å². The Balaban J connectivity index is 1.54. The summed E-state index contributed by atoms with van der Waals surface area (Å²) in [6.07, 6.45) is 4.16. The first-order valence-corrected chi connectivity index (χ1v) is 10.4. The van der Waals surface area contributed by atoms with Gasteiger partial charge in [-0.1, -0.05) is 18.2 Å². The number of fused-ring (bicyclic) bond motifs is 1. The lowest BCUT2D eigenvalue weighted by atomic mass is 10.0. The zero-order valence-electron chi connectivity index (χ0n) is 17.8. The van der Waals surface area contributed by atoms with Crippen molar-refractivity contribution in [1.82, 2.24) is 14.5 Å². The number of hydrogen-bond donors (Lipinski definition) is 2. The maximum Gasteiger partial charge on any atom is 0.223 e. The molecule has 0 aliphatic carbocycles. The number of benzene rings is 1. The molecule has 0 amide bonds. The molecule has 0 radical (unpaired) electrons. The van der Waals surface area contributed by atoms with E-state index in [1.807, 2.05) is 49.4 Å². The van der Waals surface area contributed by atoms with Gasteiger partial charge < -0.3 is 14.8 Å². The number of aliphatic hydroxyl groups is 1. The van der Waals surface area contributed by atoms with Crippen LogP contribution in [0, 0.1) is 6.92 Å². The lowest BCUT2D eigenvalue weighted by molar-refractivity contribution is 0.171. The van der Waals surface area contributed by atoms with Gasteiger partial charge in [0.2, 0.25) is 5.43 Å². The Kier molecular flexibility index (Phi) is 5.18. The third kappa shape index (κ3) is 4.11. The first-order chi connectivity index (χ1) is 16.0. The molecule has 3 aromatic heterocycles. The van der Waals surface area contributed by atoms with E-state index in [1.165, 1.54) is 12.3 Å². The molecule has 1 atom stereocenters. The van der Waals surface area contributed by atoms with E-state index in [2.05, 4.69) is 20.8 Å². The number of nitrogens with zero attached hydrogens (tertiary/aromatic N) is 4. The van der Waals surface area contributed by atoms with Crippen molar-refractivity contribution < 1.29 is 10.2 Å². The molecule has 0 saturated carbocycles. The molecule has 2 N–H and O–H groups in total. The summed E-state index contributed by atoms with van der Waals surface area (Å²) in [5.74, 6) is 3.08. The highest BCUT2D eigenvalue weighted by Gasteiger charge is 2.16. The minimum atomic E-state index is -0.907. The Bertz CT molecular complexity index is 1500. The van der Waals surface area contributed by atoms with Crippen LogP contribution >= 0.6 is 0 Å². The molecule has 7 heteroatoms. The standard InChI is InChI=1S/C26H20N4O3/c1-16-4-2-7-22(29-16)23(31)12-21-13-24(32)25(33)15-30(21)20-6-3-5-17(11-20)19-10-18-8-9-27-26(18)28-14-19/h2-8,10-11,13-15,23,31,33H,12H2,1H3. The summed E-state index contributed by atoms with van der Waals surface area (Å²) in [6.45, 7) is 1.86. The van der Waals surface area contributed by atoms with Crippen molar-refractivity contribution in [1.29, 1.82) is 0 Å². The molecule has 5 rings (SSSR count). The van der Waals surface area contributed by atoms with Crippen LogP contribution in [-0.4, -0.2) is 30.6 Å². The summed E-state index contributed by atoms with van der Waals surface area (Å²) < 4.78 is 1.71. The van der Waals surface area contributed by atoms with E-state index in [-0.39, 0.29) is 12.2 Å². The summed E-state index contributed by atoms with van der Waals surface area (Å²) in [6, 6.07) is 16.4. The Morgan fingerprint density at radius 2 is 1.94 bits per heavy atom. The van der Waals surface area contributed by atoms with Crippen LogP contribution in [-0.2, 0) is 6.42 Å². The average Bonchev–Trinajstić information content (AvgIpc) is 3.29. The third-order valence-electron chi connectivity index (χ3n) is 5.51. The van der Waals surface area contributed by atoms with E-state index in [1.54, 1.807) is 22.9 Å². The van der Waals surface area contributed by atoms with Crippen molar-refractivity contribution in [3.8, 4) is 22.6 Å². The fourth-order valence-corrected chi connectivity index (χ4v) is 3.84. The lowest BCUT2D eigenvalue weighted by Crippen LogP contribution is -2.15. The minimum absolute atomic E-state index is 0.152. The van der Waals surface area contributed by atoms with Crippen molar-refractivity contribution in [2.75, 3.05) is 0 Å². The lowest BCUT2D eigenvalue weighted by Gasteiger charge is -2.18. The smallest absolute Gasteiger partial charge is 0.223 e. The number of aliphatic hydroxyl groups excluding tert-OH is 1. The van der Waals surface area contributed by atoms with Crippen molar-refractivity contribution in [2.24, 2.45) is 4.99 Å². The van der Waals surface area contributed by atoms with Crippen LogP contribution in [0.2, 0.25) is 0 Å². The first kappa shape index (κ1) is 20.6. The highest BCUT2D eigenvalue weighted by Crippen LogP contribution is 2.29. The topological polar surface area (TPSA) is 101 Å². The Morgan fingerprint density at radius 3 is 2.79 bits per heavy atom. The van der Waals surface area contributed by atoms with E-state index in [4.69, 9.17) is 0 Å². The van der Waals surface area contributed by atoms with Gasteiger partial charge in [-0.3, -0.25) is 9.78 Å². The van der Waals surface area contributed by atoms with E-state index in [0.717, 1.165) is 28.1 Å². The second kappa shape index (κ2) is 8.31. The first-order valence-electron chi connectivity index (χ1n) is 10.4. The zero-order chi connectivity index (χ0) is 22.9. The fraction of sp³-hybridized carbons (Fsp3) is 0.115. The van der Waals surface area contributed by atoms with Crippen molar-refractivity contribution in [3.05, 3.63) is 99.9 Å². The van der Waals surface area contributed by atoms with Crippen LogP contribution in [0.5, 0.6) is 5.75 Å². The van der Waals surface area contributed by atoms with Crippen molar-refractivity contribution >= 4 is 17.8 Å². The molecule has 0 spiro atoms. The molecule has 33 heavy (non-hydrogen) atoms. The van der Waals surface area contributed by atoms with Crippen LogP contribution < -0.4 is 5.43 Å². The van der Waals surface area contributed by atoms with Gasteiger partial charge in [-0.05, 0) is 48.7 Å². The monoisotopic (exact) mass is 436 g/mol. The zero-order valence-corrected chi connectivity index (χ0v) is 17.8. The molecule has 1 aliphatic heterocycles. The SMILES string of the molecule is Cc1cccc(C(O)Cc2cc(=O)c(O)cn2-c2cccc(-c3cnc4c(c3)C=C=N4)c2)n1. The summed E-state index contributed by atoms with van der Waals surface area (Å²) >= 11 is 0. The van der Waals surface area contributed by atoms with Crippen LogP contribution in [0.25, 0.3) is 22.9 Å². The van der Waals surface area contributed by atoms with Gasteiger partial charge in [0.05, 0.1) is 11.9 Å². The molecule has 0 saturated heterocycles. The van der Waals surface area contributed by atoms with Crippen LogP contribution in [0.15, 0.2) is 76.8 Å². The Hall–Kier alpha value is -4.32. The van der Waals surface area contributed by atoms with Gasteiger partial charge in [0.25, 0.3) is 0 Å². The van der Waals surface area contributed by atoms with E-state index in [9.17, 15) is 15.0 Å². The molecule has 4 aromatic rings. The predicted molar refractivity (Wildman–Crippen MR) is 126 cm³/mol. The van der Waals surface area contributed by atoms with E-state index in [0.29, 0.717) is 17.2 Å². The number of aromatic nitrogens is 3. The molecule has 162 valence electrons. The molecule has 1 unspecified atom stereocenters. The molecular formula is C26H20N4O3. The maximum absolute atomic E-state index is 12.2. The second-order valence-electron chi connectivity index (χ2n) is 7.88. The number of aryl methyl sites for hydroxylation is 1. The number of aliphatic imine (C=N–C) groups is 1. The van der Waals surface area contributed by atoms with Crippen LogP contribution in [0.4, 0.5) is 5.82 Å². The predicted octanol–water partition coefficient (Wildman–Crippen LogP) is 3.91. The van der Waals surface area contributed by atoms with Gasteiger partial charge in [0.1, 0.15) is 6.10 Å². The van der Waals surface area contributed by atoms with Gasteiger partial charge in [0.15, 0.2) is 11.6 Å². The Labute approximate surface area is 189 Å². The van der Waals surface area contributed by atoms with Crippen molar-refractivity contribution in [3.63, 3.8) is 0 Å². The largest absolute Gasteiger partial charge is 0.503 e. The summed E-state index contributed by atoms with van der Waals surface area (Å²) in [5, 5.41) is 20.9. The normalized spacial score (nSPS) is 12.7. The second-order valence-corrected chi connectivity index (χ2v) is 7.88. The average molecular weight is 436 g/mol. The van der Waals surface area contributed by atoms with Crippen LogP contribution in [0.3, 0.4) is 0 Å². The molecule has 1 aromatic carbocycles. The summed E-state index contributed by atoms with van der Waals surface area (Å²) in [4.78, 5) is 25.0. The van der Waals surface area contributed by atoms with Gasteiger partial charge >= 0.3 is 0 Å². The van der Waals surface area contributed by atoms with Crippen LogP contribution in [0.1, 0.15) is 28.7 Å². The molecule has 1 aliphatic rings. The summed E-state index contributed by atoms with van der Waals surface area (Å²) in [5.41, 5.74) is 4.81. The molecule has 0 bridgehead atoms. The molecule has 7 nitrogen and oxygen atoms in total. The van der Waals surface area contributed by atoms with Gasteiger partial charge in [0, 0.05) is 53.0 Å². The minimum Gasteiger partial charge on any atom is -0.503 e. The van der Waals surface area contributed by atoms with Crippen molar-refractivity contribution in [2.45, 2.75) is 19.4 Å². The summed E-state index contributed by atoms with van der Waals surface area (Å²) in [7, 11) is 0. The molecule has 4 heterocycles. The third-order valence-corrected chi connectivity index (χ3v) is 5.51. The van der Waals surface area contributed by atoms with E-state index >= 15 is 0 Å². The highest BCUT2D eigenvalue weighted by atomic mass is 16.3. The highest BCUT2D eigenvalue weighted by molar-refractivity contribution is 5.89. The van der Waals surface area contributed by atoms with Gasteiger partial charge in [-0.25, -0.2) is 4.98 Å². The van der Waals surface area contributed by atoms with Gasteiger partial charge in [-0.15, -0.1) is 0 Å². The maximum atomic E-state index is 12.2. The van der Waals surface area contributed by atoms with Gasteiger partial charge in [-0.2, -0.15) is 4.99 Å². The number of aromatic hydroxyl groups is 1. The molecule has 0 fully saturated rings.